The fourth-order valence-corrected chi connectivity index (χ4v) is 2.59. The number of rotatable bonds is 3. The topological polar surface area (TPSA) is 98.2 Å². The lowest BCUT2D eigenvalue weighted by molar-refractivity contribution is 0.598. The SMILES string of the molecule is Cc1ccc(Cl)cc1Nc1ccc(S(N)(=O)=O)c(N)c1. The average Bonchev–Trinajstić information content (AvgIpc) is 2.32. The third-order valence-corrected chi connectivity index (χ3v) is 4.01. The van der Waals surface area contributed by atoms with Crippen molar-refractivity contribution in [2.24, 2.45) is 5.14 Å². The number of nitrogens with one attached hydrogen (secondary N) is 1. The third-order valence-electron chi connectivity index (χ3n) is 2.79. The van der Waals surface area contributed by atoms with Gasteiger partial charge in [0.05, 0.1) is 5.69 Å². The monoisotopic (exact) mass is 311 g/mol. The lowest BCUT2D eigenvalue weighted by atomic mass is 10.2. The van der Waals surface area contributed by atoms with Crippen LogP contribution in [0.1, 0.15) is 5.56 Å². The zero-order valence-electron chi connectivity index (χ0n) is 10.7. The number of aryl methyl sites for hydroxylation is 1. The van der Waals surface area contributed by atoms with E-state index in [1.54, 1.807) is 18.2 Å². The van der Waals surface area contributed by atoms with Crippen LogP contribution in [0.2, 0.25) is 5.02 Å². The second-order valence-corrected chi connectivity index (χ2v) is 6.35. The Kier molecular flexibility index (Phi) is 3.89. The normalized spacial score (nSPS) is 11.3. The zero-order valence-corrected chi connectivity index (χ0v) is 12.3. The highest BCUT2D eigenvalue weighted by atomic mass is 35.5. The standard InChI is InChI=1S/C13H14ClN3O2S/c1-8-2-3-9(14)6-12(8)17-10-4-5-13(11(15)7-10)20(16,18)19/h2-7,17H,15H2,1H3,(H2,16,18,19). The van der Waals surface area contributed by atoms with E-state index in [1.807, 2.05) is 13.0 Å². The summed E-state index contributed by atoms with van der Waals surface area (Å²) in [6, 6.07) is 9.93. The summed E-state index contributed by atoms with van der Waals surface area (Å²) in [5, 5.41) is 8.79. The minimum atomic E-state index is -3.81. The Labute approximate surface area is 122 Å². The predicted octanol–water partition coefficient (Wildman–Crippen LogP) is 2.62. The minimum Gasteiger partial charge on any atom is -0.398 e. The molecule has 0 aliphatic heterocycles. The summed E-state index contributed by atoms with van der Waals surface area (Å²) in [5.41, 5.74) is 8.27. The van der Waals surface area contributed by atoms with Crippen LogP contribution < -0.4 is 16.2 Å². The largest absolute Gasteiger partial charge is 0.398 e. The van der Waals surface area contributed by atoms with Crippen LogP contribution in [0.3, 0.4) is 0 Å². The Morgan fingerprint density at radius 1 is 1.15 bits per heavy atom. The Hall–Kier alpha value is -1.76. The van der Waals surface area contributed by atoms with Gasteiger partial charge in [0.2, 0.25) is 10.0 Å². The maximum absolute atomic E-state index is 11.3. The zero-order chi connectivity index (χ0) is 14.9. The molecule has 106 valence electrons. The fraction of sp³-hybridized carbons (Fsp3) is 0.0769. The van der Waals surface area contributed by atoms with Crippen molar-refractivity contribution in [3.63, 3.8) is 0 Å². The number of anilines is 3. The molecule has 0 amide bonds. The molecule has 0 saturated carbocycles. The van der Waals surface area contributed by atoms with Crippen molar-refractivity contribution in [1.29, 1.82) is 0 Å². The molecule has 0 heterocycles. The molecule has 2 aromatic rings. The molecule has 2 rings (SSSR count). The van der Waals surface area contributed by atoms with E-state index in [9.17, 15) is 8.42 Å². The van der Waals surface area contributed by atoms with Gasteiger partial charge < -0.3 is 11.1 Å². The van der Waals surface area contributed by atoms with Gasteiger partial charge in [0.15, 0.2) is 0 Å². The first-order chi connectivity index (χ1) is 9.27. The minimum absolute atomic E-state index is 0.0918. The van der Waals surface area contributed by atoms with Crippen LogP contribution in [0.5, 0.6) is 0 Å². The molecule has 0 fully saturated rings. The molecule has 0 aromatic heterocycles. The van der Waals surface area contributed by atoms with Crippen molar-refractivity contribution in [3.05, 3.63) is 47.0 Å². The number of sulfonamides is 1. The second-order valence-electron chi connectivity index (χ2n) is 4.38. The molecule has 0 radical (unpaired) electrons. The van der Waals surface area contributed by atoms with Crippen LogP contribution in [0.25, 0.3) is 0 Å². The number of primary sulfonamides is 1. The van der Waals surface area contributed by atoms with Crippen LogP contribution in [0.4, 0.5) is 17.1 Å². The summed E-state index contributed by atoms with van der Waals surface area (Å²) < 4.78 is 22.6. The van der Waals surface area contributed by atoms with E-state index in [-0.39, 0.29) is 10.6 Å². The highest BCUT2D eigenvalue weighted by Crippen LogP contribution is 2.27. The summed E-state index contributed by atoms with van der Waals surface area (Å²) >= 11 is 5.94. The molecule has 7 heteroatoms. The van der Waals surface area contributed by atoms with Gasteiger partial charge in [-0.25, -0.2) is 13.6 Å². The van der Waals surface area contributed by atoms with Crippen molar-refractivity contribution >= 4 is 38.7 Å². The fourth-order valence-electron chi connectivity index (χ4n) is 1.77. The Morgan fingerprint density at radius 3 is 2.45 bits per heavy atom. The summed E-state index contributed by atoms with van der Waals surface area (Å²) in [6.07, 6.45) is 0. The van der Waals surface area contributed by atoms with E-state index >= 15 is 0 Å². The van der Waals surface area contributed by atoms with Gasteiger partial charge >= 0.3 is 0 Å². The van der Waals surface area contributed by atoms with Gasteiger partial charge in [0, 0.05) is 16.4 Å². The van der Waals surface area contributed by atoms with Gasteiger partial charge in [-0.2, -0.15) is 0 Å². The van der Waals surface area contributed by atoms with Crippen molar-refractivity contribution in [2.75, 3.05) is 11.1 Å². The molecule has 0 unspecified atom stereocenters. The first-order valence-corrected chi connectivity index (χ1v) is 7.65. The Bertz CT molecular complexity index is 760. The van der Waals surface area contributed by atoms with Gasteiger partial charge in [0.25, 0.3) is 0 Å². The molecule has 0 bridgehead atoms. The summed E-state index contributed by atoms with van der Waals surface area (Å²) in [4.78, 5) is -0.0918. The number of hydrogen-bond donors (Lipinski definition) is 3. The van der Waals surface area contributed by atoms with Crippen molar-refractivity contribution in [3.8, 4) is 0 Å². The quantitative estimate of drug-likeness (QED) is 0.759. The van der Waals surface area contributed by atoms with Gasteiger partial charge in [-0.15, -0.1) is 0 Å². The maximum atomic E-state index is 11.3. The van der Waals surface area contributed by atoms with E-state index < -0.39 is 10.0 Å². The second kappa shape index (κ2) is 5.32. The first-order valence-electron chi connectivity index (χ1n) is 5.73. The molecule has 2 aromatic carbocycles. The highest BCUT2D eigenvalue weighted by molar-refractivity contribution is 7.89. The predicted molar refractivity (Wildman–Crippen MR) is 81.7 cm³/mol. The smallest absolute Gasteiger partial charge is 0.240 e. The van der Waals surface area contributed by atoms with E-state index in [0.717, 1.165) is 11.3 Å². The van der Waals surface area contributed by atoms with Crippen LogP contribution in [0.15, 0.2) is 41.3 Å². The maximum Gasteiger partial charge on any atom is 0.240 e. The Morgan fingerprint density at radius 2 is 1.85 bits per heavy atom. The van der Waals surface area contributed by atoms with Gasteiger partial charge in [-0.3, -0.25) is 0 Å². The molecule has 5 nitrogen and oxygen atoms in total. The van der Waals surface area contributed by atoms with Gasteiger partial charge in [0.1, 0.15) is 4.90 Å². The molecule has 0 spiro atoms. The highest BCUT2D eigenvalue weighted by Gasteiger charge is 2.12. The molecule has 0 aliphatic carbocycles. The summed E-state index contributed by atoms with van der Waals surface area (Å²) in [5.74, 6) is 0. The number of hydrogen-bond acceptors (Lipinski definition) is 4. The average molecular weight is 312 g/mol. The molecular weight excluding hydrogens is 298 g/mol. The molecule has 0 saturated heterocycles. The van der Waals surface area contributed by atoms with Crippen molar-refractivity contribution in [1.82, 2.24) is 0 Å². The van der Waals surface area contributed by atoms with E-state index in [4.69, 9.17) is 22.5 Å². The first kappa shape index (κ1) is 14.6. The van der Waals surface area contributed by atoms with Gasteiger partial charge in [-0.1, -0.05) is 17.7 Å². The third kappa shape index (κ3) is 3.22. The lowest BCUT2D eigenvalue weighted by Gasteiger charge is -2.12. The number of benzene rings is 2. The molecule has 0 atom stereocenters. The van der Waals surface area contributed by atoms with E-state index in [1.165, 1.54) is 12.1 Å². The Balaban J connectivity index is 2.36. The molecule has 5 N–H and O–H groups in total. The molecular formula is C13H14ClN3O2S. The van der Waals surface area contributed by atoms with E-state index in [0.29, 0.717) is 10.7 Å². The number of nitrogen functional groups attached to an aromatic ring is 1. The van der Waals surface area contributed by atoms with Crippen molar-refractivity contribution in [2.45, 2.75) is 11.8 Å². The molecule has 20 heavy (non-hydrogen) atoms. The van der Waals surface area contributed by atoms with E-state index in [2.05, 4.69) is 5.32 Å². The molecule has 0 aliphatic rings. The lowest BCUT2D eigenvalue weighted by Crippen LogP contribution is -2.14. The van der Waals surface area contributed by atoms with Crippen LogP contribution in [0, 0.1) is 6.92 Å². The van der Waals surface area contributed by atoms with Crippen LogP contribution >= 0.6 is 11.6 Å². The van der Waals surface area contributed by atoms with Crippen molar-refractivity contribution < 1.29 is 8.42 Å². The summed E-state index contributed by atoms with van der Waals surface area (Å²) in [6.45, 7) is 1.93. The number of halogens is 1. The summed E-state index contributed by atoms with van der Waals surface area (Å²) in [7, 11) is -3.81. The van der Waals surface area contributed by atoms with Gasteiger partial charge in [-0.05, 0) is 42.8 Å². The van der Waals surface area contributed by atoms with Crippen LogP contribution in [-0.4, -0.2) is 8.42 Å². The van der Waals surface area contributed by atoms with Crippen LogP contribution in [-0.2, 0) is 10.0 Å². The number of nitrogens with two attached hydrogens (primary N) is 2.